The summed E-state index contributed by atoms with van der Waals surface area (Å²) in [6.07, 6.45) is 4.46. The summed E-state index contributed by atoms with van der Waals surface area (Å²) in [6, 6.07) is 14.3. The summed E-state index contributed by atoms with van der Waals surface area (Å²) in [5.74, 6) is 1.15. The Morgan fingerprint density at radius 2 is 1.91 bits per heavy atom. The molecule has 0 bridgehead atoms. The summed E-state index contributed by atoms with van der Waals surface area (Å²) in [7, 11) is 0. The fourth-order valence-corrected chi connectivity index (χ4v) is 3.87. The Morgan fingerprint density at radius 1 is 1.15 bits per heavy atom. The van der Waals surface area contributed by atoms with E-state index in [1.54, 1.807) is 12.1 Å². The molecule has 34 heavy (non-hydrogen) atoms. The molecule has 184 valence electrons. The van der Waals surface area contributed by atoms with Crippen LogP contribution in [-0.2, 0) is 6.54 Å². The lowest BCUT2D eigenvalue weighted by atomic mass is 10.1. The van der Waals surface area contributed by atoms with Crippen molar-refractivity contribution < 1.29 is 19.9 Å². The fraction of sp³-hybridized carbons (Fsp3) is 0.440. The Balaban J connectivity index is 1.39. The zero-order valence-corrected chi connectivity index (χ0v) is 19.4. The maximum Gasteiger partial charge on any atom is 0.274 e. The molecule has 0 radical (unpaired) electrons. The molecule has 1 aliphatic heterocycles. The van der Waals surface area contributed by atoms with E-state index in [9.17, 15) is 20.3 Å². The number of piperidine rings is 1. The number of benzene rings is 2. The van der Waals surface area contributed by atoms with E-state index in [-0.39, 0.29) is 18.1 Å². The van der Waals surface area contributed by atoms with Gasteiger partial charge in [-0.1, -0.05) is 30.7 Å². The number of nitrogens with one attached hydrogen (secondary N) is 2. The lowest BCUT2D eigenvalue weighted by molar-refractivity contribution is -0.404. The number of nitrogens with zero attached hydrogens (tertiary/aromatic N) is 2. The van der Waals surface area contributed by atoms with Crippen LogP contribution in [0.4, 0.5) is 0 Å². The largest absolute Gasteiger partial charge is 0.508 e. The third-order valence-electron chi connectivity index (χ3n) is 5.66. The van der Waals surface area contributed by atoms with Crippen LogP contribution >= 0.6 is 0 Å². The molecule has 0 amide bonds. The van der Waals surface area contributed by atoms with Gasteiger partial charge in [0.15, 0.2) is 5.82 Å². The van der Waals surface area contributed by atoms with Gasteiger partial charge < -0.3 is 25.6 Å². The molecule has 9 nitrogen and oxygen atoms in total. The molecule has 9 heteroatoms. The molecule has 4 N–H and O–H groups in total. The smallest absolute Gasteiger partial charge is 0.274 e. The predicted octanol–water partition coefficient (Wildman–Crippen LogP) is 3.14. The molecule has 2 aromatic carbocycles. The first-order valence-electron chi connectivity index (χ1n) is 11.7. The zero-order chi connectivity index (χ0) is 24.2. The summed E-state index contributed by atoms with van der Waals surface area (Å²) < 4.78 is 5.87. The zero-order valence-electron chi connectivity index (χ0n) is 19.4. The lowest BCUT2D eigenvalue weighted by Gasteiger charge is -2.26. The molecule has 0 saturated carbocycles. The lowest BCUT2D eigenvalue weighted by Crippen LogP contribution is -2.31. The summed E-state index contributed by atoms with van der Waals surface area (Å²) >= 11 is 0. The van der Waals surface area contributed by atoms with Crippen LogP contribution in [-0.4, -0.2) is 52.8 Å². The Hall–Kier alpha value is -3.30. The highest BCUT2D eigenvalue weighted by molar-refractivity contribution is 5.29. The molecule has 0 aromatic heterocycles. The number of aromatic hydroxyl groups is 1. The van der Waals surface area contributed by atoms with Crippen molar-refractivity contribution in [3.8, 4) is 11.5 Å². The number of aliphatic hydroxyl groups excluding tert-OH is 1. The van der Waals surface area contributed by atoms with Gasteiger partial charge in [0.1, 0.15) is 11.5 Å². The molecule has 1 unspecified atom stereocenters. The van der Waals surface area contributed by atoms with Crippen molar-refractivity contribution in [1.29, 1.82) is 0 Å². The van der Waals surface area contributed by atoms with Gasteiger partial charge in [0.2, 0.25) is 0 Å². The number of aliphatic hydroxyl groups is 1. The first-order chi connectivity index (χ1) is 16.5. The van der Waals surface area contributed by atoms with E-state index < -0.39 is 11.0 Å². The topological polar surface area (TPSA) is 120 Å². The number of phenols is 1. The summed E-state index contributed by atoms with van der Waals surface area (Å²) in [5, 5.41) is 36.4. The maximum atomic E-state index is 10.9. The van der Waals surface area contributed by atoms with Gasteiger partial charge in [-0.05, 0) is 67.7 Å². The molecule has 2 aromatic rings. The van der Waals surface area contributed by atoms with Crippen LogP contribution in [0.15, 0.2) is 60.6 Å². The van der Waals surface area contributed by atoms with E-state index in [2.05, 4.69) is 27.7 Å². The number of likely N-dealkylation sites (tertiary alicyclic amines) is 1. The van der Waals surface area contributed by atoms with Gasteiger partial charge in [-0.15, -0.1) is 0 Å². The normalized spacial score (nSPS) is 15.5. The monoisotopic (exact) mass is 470 g/mol. The number of ether oxygens (including phenoxy) is 1. The second-order valence-corrected chi connectivity index (χ2v) is 8.43. The van der Waals surface area contributed by atoms with Gasteiger partial charge in [-0.2, -0.15) is 0 Å². The fourth-order valence-electron chi connectivity index (χ4n) is 3.87. The van der Waals surface area contributed by atoms with Gasteiger partial charge in [-0.25, -0.2) is 0 Å². The van der Waals surface area contributed by atoms with Crippen LogP contribution < -0.4 is 15.4 Å². The predicted molar refractivity (Wildman–Crippen MR) is 130 cm³/mol. The minimum absolute atomic E-state index is 0.0811. The summed E-state index contributed by atoms with van der Waals surface area (Å²) in [4.78, 5) is 12.9. The maximum absolute atomic E-state index is 10.9. The summed E-state index contributed by atoms with van der Waals surface area (Å²) in [5.41, 5.74) is 1.84. The highest BCUT2D eigenvalue weighted by Crippen LogP contribution is 2.18. The van der Waals surface area contributed by atoms with Gasteiger partial charge in [0, 0.05) is 19.6 Å². The van der Waals surface area contributed by atoms with Crippen LogP contribution in [0, 0.1) is 10.1 Å². The van der Waals surface area contributed by atoms with Crippen molar-refractivity contribution in [2.24, 2.45) is 0 Å². The van der Waals surface area contributed by atoms with Gasteiger partial charge in [0.25, 0.3) is 6.20 Å². The van der Waals surface area contributed by atoms with E-state index in [0.29, 0.717) is 25.1 Å². The molecular weight excluding hydrogens is 436 g/mol. The van der Waals surface area contributed by atoms with E-state index in [0.717, 1.165) is 31.6 Å². The van der Waals surface area contributed by atoms with E-state index >= 15 is 0 Å². The number of hydrogen-bond acceptors (Lipinski definition) is 8. The van der Waals surface area contributed by atoms with E-state index in [1.807, 2.05) is 12.1 Å². The van der Waals surface area contributed by atoms with Crippen molar-refractivity contribution in [2.75, 3.05) is 32.8 Å². The molecule has 0 spiro atoms. The molecular formula is C25H34N4O5. The Kier molecular flexibility index (Phi) is 9.99. The Bertz CT molecular complexity index is 929. The SMILES string of the molecule is O=[N+]([O-])/C=C(\NCCCOc1cccc(CN2CCCCC2)c1)NCC(O)c1ccc(O)cc1. The van der Waals surface area contributed by atoms with Gasteiger partial charge >= 0.3 is 0 Å². The highest BCUT2D eigenvalue weighted by atomic mass is 16.6. The van der Waals surface area contributed by atoms with Crippen LogP contribution in [0.2, 0.25) is 0 Å². The standard InChI is InChI=1S/C25H34N4O5/c30-22-10-8-21(9-11-22)24(31)17-27-25(19-29(32)33)26-12-5-15-34-23-7-4-6-20(16-23)18-28-13-2-1-3-14-28/h4,6-11,16,19,24,26-27,30-31H,1-3,5,12-15,17-18H2/b25-19+. The van der Waals surface area contributed by atoms with E-state index in [1.165, 1.54) is 37.0 Å². The Labute approximate surface area is 200 Å². The first-order valence-corrected chi connectivity index (χ1v) is 11.7. The molecule has 1 fully saturated rings. The van der Waals surface area contributed by atoms with E-state index in [4.69, 9.17) is 4.74 Å². The van der Waals surface area contributed by atoms with Crippen molar-refractivity contribution in [1.82, 2.24) is 15.5 Å². The van der Waals surface area contributed by atoms with Crippen LogP contribution in [0.5, 0.6) is 11.5 Å². The third kappa shape index (κ3) is 8.92. The van der Waals surface area contributed by atoms with Crippen LogP contribution in [0.3, 0.4) is 0 Å². The first kappa shape index (κ1) is 25.3. The average molecular weight is 471 g/mol. The molecule has 1 aliphatic rings. The van der Waals surface area contributed by atoms with Crippen molar-refractivity contribution in [3.05, 3.63) is 81.8 Å². The van der Waals surface area contributed by atoms with Gasteiger partial charge in [-0.3, -0.25) is 15.0 Å². The number of hydrogen-bond donors (Lipinski definition) is 4. The third-order valence-corrected chi connectivity index (χ3v) is 5.66. The van der Waals surface area contributed by atoms with Crippen LogP contribution in [0.1, 0.15) is 42.9 Å². The van der Waals surface area contributed by atoms with Crippen molar-refractivity contribution in [2.45, 2.75) is 38.3 Å². The van der Waals surface area contributed by atoms with Crippen LogP contribution in [0.25, 0.3) is 0 Å². The van der Waals surface area contributed by atoms with Gasteiger partial charge in [0.05, 0.1) is 17.6 Å². The molecule has 1 saturated heterocycles. The summed E-state index contributed by atoms with van der Waals surface area (Å²) in [6.45, 7) is 4.26. The molecule has 1 atom stereocenters. The van der Waals surface area contributed by atoms with Crippen molar-refractivity contribution >= 4 is 0 Å². The number of phenolic OH excluding ortho intramolecular Hbond substituents is 1. The second kappa shape index (κ2) is 13.4. The Morgan fingerprint density at radius 3 is 2.65 bits per heavy atom. The quantitative estimate of drug-likeness (QED) is 0.200. The average Bonchev–Trinajstić information content (AvgIpc) is 2.83. The molecule has 3 rings (SSSR count). The number of nitro groups is 1. The molecule has 0 aliphatic carbocycles. The minimum atomic E-state index is -0.877. The van der Waals surface area contributed by atoms with Crippen molar-refractivity contribution in [3.63, 3.8) is 0 Å². The number of rotatable bonds is 13. The minimum Gasteiger partial charge on any atom is -0.508 e. The molecule has 1 heterocycles. The highest BCUT2D eigenvalue weighted by Gasteiger charge is 2.11. The second-order valence-electron chi connectivity index (χ2n) is 8.43.